The van der Waals surface area contributed by atoms with Gasteiger partial charge < -0.3 is 31.8 Å². The highest BCUT2D eigenvalue weighted by molar-refractivity contribution is 9.10. The molecule has 7 N–H and O–H groups in total. The number of hydrogen-bond acceptors (Lipinski definition) is 6. The molecule has 0 saturated carbocycles. The van der Waals surface area contributed by atoms with Gasteiger partial charge in [-0.3, -0.25) is 9.48 Å². The maximum atomic E-state index is 13.6. The minimum absolute atomic E-state index is 0.00789. The van der Waals surface area contributed by atoms with E-state index < -0.39 is 0 Å². The lowest BCUT2D eigenvalue weighted by Crippen LogP contribution is -2.15. The Bertz CT molecular complexity index is 1770. The normalized spacial score (nSPS) is 12.1. The first-order chi connectivity index (χ1) is 19.4. The Morgan fingerprint density at radius 3 is 2.30 bits per heavy atom. The number of nitrogens with zero attached hydrogens (tertiary/aromatic N) is 5. The summed E-state index contributed by atoms with van der Waals surface area (Å²) in [4.78, 5) is 13.6. The van der Waals surface area contributed by atoms with Crippen molar-refractivity contribution in [3.05, 3.63) is 106 Å². The van der Waals surface area contributed by atoms with E-state index in [2.05, 4.69) is 36.7 Å². The Labute approximate surface area is 237 Å². The molecule has 1 amide bonds. The first-order valence-corrected chi connectivity index (χ1v) is 12.9. The zero-order valence-electron chi connectivity index (χ0n) is 21.1. The molecule has 0 radical (unpaired) electrons. The number of benzene rings is 3. The van der Waals surface area contributed by atoms with Crippen LogP contribution in [0.1, 0.15) is 21.5 Å². The molecule has 2 aromatic heterocycles. The molecule has 0 spiro atoms. The van der Waals surface area contributed by atoms with E-state index in [1.807, 2.05) is 58.0 Å². The third-order valence-electron chi connectivity index (χ3n) is 6.42. The van der Waals surface area contributed by atoms with Crippen LogP contribution >= 0.6 is 15.9 Å². The number of halogens is 1. The molecule has 40 heavy (non-hydrogen) atoms. The molecule has 0 saturated heterocycles. The van der Waals surface area contributed by atoms with Crippen LogP contribution in [0.4, 0.5) is 5.69 Å². The summed E-state index contributed by atoms with van der Waals surface area (Å²) in [5.74, 6) is -0.366. The molecule has 3 aromatic carbocycles. The van der Waals surface area contributed by atoms with Crippen LogP contribution in [-0.2, 0) is 13.1 Å². The second kappa shape index (κ2) is 11.3. The lowest BCUT2D eigenvalue weighted by Gasteiger charge is -2.08. The van der Waals surface area contributed by atoms with Crippen LogP contribution in [0.3, 0.4) is 0 Å². The highest BCUT2D eigenvalue weighted by Crippen LogP contribution is 2.29. The molecule has 0 atom stereocenters. The van der Waals surface area contributed by atoms with Gasteiger partial charge in [0, 0.05) is 46.7 Å². The highest BCUT2D eigenvalue weighted by atomic mass is 79.9. The van der Waals surface area contributed by atoms with Crippen molar-refractivity contribution in [1.82, 2.24) is 14.3 Å². The summed E-state index contributed by atoms with van der Waals surface area (Å²) in [5.41, 5.74) is 16.1. The highest BCUT2D eigenvalue weighted by Gasteiger charge is 2.17. The molecule has 5 rings (SSSR count). The first-order valence-electron chi connectivity index (χ1n) is 12.1. The molecular formula is C28H25BrN8O3. The van der Waals surface area contributed by atoms with Crippen LogP contribution in [-0.4, -0.2) is 42.3 Å². The third-order valence-corrected chi connectivity index (χ3v) is 6.83. The largest absolute Gasteiger partial charge is 0.409 e. The van der Waals surface area contributed by atoms with Crippen molar-refractivity contribution in [3.8, 4) is 11.1 Å². The van der Waals surface area contributed by atoms with E-state index in [1.165, 1.54) is 0 Å². The molecule has 0 unspecified atom stereocenters. The smallest absolute Gasteiger partial charge is 0.257 e. The molecule has 202 valence electrons. The zero-order chi connectivity index (χ0) is 28.2. The number of nitrogens with one attached hydrogen (secondary N) is 1. The topological polar surface area (TPSA) is 169 Å². The molecule has 5 aromatic rings. The number of amidine groups is 2. The van der Waals surface area contributed by atoms with Crippen molar-refractivity contribution in [2.24, 2.45) is 21.8 Å². The summed E-state index contributed by atoms with van der Waals surface area (Å²) in [5, 5.41) is 32.2. The second-order valence-corrected chi connectivity index (χ2v) is 9.89. The van der Waals surface area contributed by atoms with Crippen LogP contribution in [0, 0.1) is 0 Å². The standard InChI is InChI=1S/C28H25BrN8O3/c29-21-14-32-37(15-21)10-9-36-16-24(28(38)33-22-6-2-5-20(12-22)27(31)35-40)23-13-18(7-8-25(23)36)17-3-1-4-19(11-17)26(30)34-39/h1-8,11-16,39-40H,9-10H2,(H2,30,34)(H2,31,35)(H,33,38). The summed E-state index contributed by atoms with van der Waals surface area (Å²) in [7, 11) is 0. The third kappa shape index (κ3) is 5.52. The maximum absolute atomic E-state index is 13.6. The van der Waals surface area contributed by atoms with E-state index in [4.69, 9.17) is 21.9 Å². The van der Waals surface area contributed by atoms with Crippen LogP contribution in [0.15, 0.2) is 100 Å². The molecule has 0 aliphatic carbocycles. The number of carbonyl (C=O) groups excluding carboxylic acids is 1. The Morgan fingerprint density at radius 1 is 0.900 bits per heavy atom. The van der Waals surface area contributed by atoms with Gasteiger partial charge in [-0.1, -0.05) is 46.7 Å². The van der Waals surface area contributed by atoms with Gasteiger partial charge in [-0.2, -0.15) is 5.10 Å². The van der Waals surface area contributed by atoms with E-state index in [0.717, 1.165) is 26.5 Å². The Hall–Kier alpha value is -5.10. The van der Waals surface area contributed by atoms with E-state index in [1.54, 1.807) is 36.5 Å². The number of amides is 1. The minimum atomic E-state index is -0.315. The summed E-state index contributed by atoms with van der Waals surface area (Å²) in [6.45, 7) is 1.18. The lowest BCUT2D eigenvalue weighted by atomic mass is 10.00. The van der Waals surface area contributed by atoms with E-state index in [9.17, 15) is 4.79 Å². The zero-order valence-corrected chi connectivity index (χ0v) is 22.7. The van der Waals surface area contributed by atoms with E-state index >= 15 is 0 Å². The van der Waals surface area contributed by atoms with Crippen molar-refractivity contribution >= 4 is 50.1 Å². The average Bonchev–Trinajstić information content (AvgIpc) is 3.57. The number of carbonyl (C=O) groups is 1. The van der Waals surface area contributed by atoms with Gasteiger partial charge in [-0.05, 0) is 57.4 Å². The van der Waals surface area contributed by atoms with E-state index in [-0.39, 0.29) is 17.6 Å². The number of nitrogens with two attached hydrogens (primary N) is 2. The molecule has 12 heteroatoms. The van der Waals surface area contributed by atoms with Gasteiger partial charge in [-0.15, -0.1) is 0 Å². The molecule has 0 fully saturated rings. The van der Waals surface area contributed by atoms with E-state index in [0.29, 0.717) is 35.5 Å². The van der Waals surface area contributed by atoms with Crippen molar-refractivity contribution in [3.63, 3.8) is 0 Å². The molecule has 2 heterocycles. The number of hydrogen-bond donors (Lipinski definition) is 5. The Kier molecular flexibility index (Phi) is 7.51. The molecule has 0 bridgehead atoms. The summed E-state index contributed by atoms with van der Waals surface area (Å²) < 4.78 is 4.72. The van der Waals surface area contributed by atoms with Crippen molar-refractivity contribution < 1.29 is 15.2 Å². The minimum Gasteiger partial charge on any atom is -0.409 e. The fourth-order valence-electron chi connectivity index (χ4n) is 4.44. The Balaban J connectivity index is 1.54. The second-order valence-electron chi connectivity index (χ2n) is 8.98. The van der Waals surface area contributed by atoms with Crippen molar-refractivity contribution in [2.75, 3.05) is 5.32 Å². The average molecular weight is 601 g/mol. The van der Waals surface area contributed by atoms with Crippen LogP contribution in [0.25, 0.3) is 22.0 Å². The number of anilines is 1. The number of aryl methyl sites for hydroxylation is 2. The van der Waals surface area contributed by atoms with Gasteiger partial charge in [0.05, 0.1) is 22.8 Å². The molecule has 11 nitrogen and oxygen atoms in total. The fraction of sp³-hybridized carbons (Fsp3) is 0.0714. The predicted octanol–water partition coefficient (Wildman–Crippen LogP) is 4.41. The maximum Gasteiger partial charge on any atom is 0.257 e. The van der Waals surface area contributed by atoms with Gasteiger partial charge in [0.25, 0.3) is 5.91 Å². The number of aromatic nitrogens is 3. The predicted molar refractivity (Wildman–Crippen MR) is 157 cm³/mol. The molecular weight excluding hydrogens is 576 g/mol. The van der Waals surface area contributed by atoms with Gasteiger partial charge in [-0.25, -0.2) is 0 Å². The Morgan fingerprint density at radius 2 is 1.60 bits per heavy atom. The summed E-state index contributed by atoms with van der Waals surface area (Å²) >= 11 is 3.42. The van der Waals surface area contributed by atoms with Crippen molar-refractivity contribution in [2.45, 2.75) is 13.1 Å². The lowest BCUT2D eigenvalue weighted by molar-refractivity contribution is 0.102. The number of rotatable bonds is 8. The monoisotopic (exact) mass is 600 g/mol. The van der Waals surface area contributed by atoms with Gasteiger partial charge >= 0.3 is 0 Å². The van der Waals surface area contributed by atoms with Crippen LogP contribution < -0.4 is 16.8 Å². The molecule has 0 aliphatic heterocycles. The quantitative estimate of drug-likeness (QED) is 0.0764. The molecule has 0 aliphatic rings. The summed E-state index contributed by atoms with van der Waals surface area (Å²) in [6, 6.07) is 19.9. The van der Waals surface area contributed by atoms with Crippen LogP contribution in [0.2, 0.25) is 0 Å². The van der Waals surface area contributed by atoms with Gasteiger partial charge in [0.2, 0.25) is 0 Å². The summed E-state index contributed by atoms with van der Waals surface area (Å²) in [6.07, 6.45) is 5.44. The fourth-order valence-corrected chi connectivity index (χ4v) is 4.77. The van der Waals surface area contributed by atoms with Crippen LogP contribution in [0.5, 0.6) is 0 Å². The van der Waals surface area contributed by atoms with Gasteiger partial charge in [0.15, 0.2) is 11.7 Å². The number of oxime groups is 2. The van der Waals surface area contributed by atoms with Gasteiger partial charge in [0.1, 0.15) is 0 Å². The number of fused-ring (bicyclic) bond motifs is 1. The van der Waals surface area contributed by atoms with Crippen molar-refractivity contribution in [1.29, 1.82) is 0 Å². The first kappa shape index (κ1) is 26.5. The SMILES string of the molecule is N/C(=N\O)c1cccc(NC(=O)c2cn(CCn3cc(Br)cn3)c3ccc(-c4cccc(/C(N)=N/O)c4)cc23)c1.